The van der Waals surface area contributed by atoms with E-state index in [1.54, 1.807) is 6.20 Å². The van der Waals surface area contributed by atoms with E-state index in [0.29, 0.717) is 16.4 Å². The van der Waals surface area contributed by atoms with Gasteiger partial charge < -0.3 is 9.64 Å². The van der Waals surface area contributed by atoms with E-state index in [1.807, 2.05) is 12.3 Å². The summed E-state index contributed by atoms with van der Waals surface area (Å²) in [7, 11) is 0. The van der Waals surface area contributed by atoms with Crippen molar-refractivity contribution in [1.29, 1.82) is 0 Å². The van der Waals surface area contributed by atoms with E-state index in [2.05, 4.69) is 26.4 Å². The Morgan fingerprint density at radius 2 is 2.30 bits per heavy atom. The first-order valence-electron chi connectivity index (χ1n) is 9.17. The van der Waals surface area contributed by atoms with Crippen LogP contribution in [0.1, 0.15) is 32.1 Å². The monoisotopic (exact) mass is 410 g/mol. The molecule has 0 aromatic carbocycles. The molecular formula is C19H24ClFN4OS. The normalized spacial score (nSPS) is 17.9. The first-order valence-corrected chi connectivity index (χ1v) is 10.8. The van der Waals surface area contributed by atoms with Crippen LogP contribution in [0.4, 0.5) is 10.2 Å². The summed E-state index contributed by atoms with van der Waals surface area (Å²) in [5, 5.41) is 0.937. The van der Waals surface area contributed by atoms with Crippen molar-refractivity contribution in [1.82, 2.24) is 15.0 Å². The van der Waals surface area contributed by atoms with Crippen LogP contribution in [-0.2, 0) is 4.74 Å². The molecule has 0 N–H and O–H groups in total. The molecular weight excluding hydrogens is 387 g/mol. The maximum atomic E-state index is 14.5. The number of hydrogen-bond acceptors (Lipinski definition) is 6. The van der Waals surface area contributed by atoms with Gasteiger partial charge in [-0.15, -0.1) is 6.58 Å². The van der Waals surface area contributed by atoms with E-state index in [1.165, 1.54) is 11.8 Å². The summed E-state index contributed by atoms with van der Waals surface area (Å²) in [5.41, 5.74) is 0.219. The molecule has 146 valence electrons. The van der Waals surface area contributed by atoms with Crippen molar-refractivity contribution in [3.8, 4) is 0 Å². The number of thioether (sulfide) groups is 1. The van der Waals surface area contributed by atoms with Crippen molar-refractivity contribution in [3.63, 3.8) is 0 Å². The number of unbranched alkanes of at least 4 members (excludes halogenated alkanes) is 1. The number of rotatable bonds is 7. The Morgan fingerprint density at radius 1 is 1.44 bits per heavy atom. The molecule has 1 saturated heterocycles. The lowest BCUT2D eigenvalue weighted by Gasteiger charge is -2.27. The molecule has 0 aliphatic carbocycles. The van der Waals surface area contributed by atoms with Crippen LogP contribution in [0.25, 0.3) is 10.9 Å². The van der Waals surface area contributed by atoms with Crippen molar-refractivity contribution >= 4 is 40.1 Å². The lowest BCUT2D eigenvalue weighted by Crippen LogP contribution is -2.33. The quantitative estimate of drug-likeness (QED) is 0.213. The molecule has 5 nitrogen and oxygen atoms in total. The lowest BCUT2D eigenvalue weighted by atomic mass is 10.2. The van der Waals surface area contributed by atoms with E-state index in [-0.39, 0.29) is 16.8 Å². The van der Waals surface area contributed by atoms with E-state index in [9.17, 15) is 4.39 Å². The van der Waals surface area contributed by atoms with Crippen molar-refractivity contribution < 1.29 is 9.13 Å². The van der Waals surface area contributed by atoms with Gasteiger partial charge in [0.15, 0.2) is 16.1 Å². The fourth-order valence-corrected chi connectivity index (χ4v) is 3.74. The van der Waals surface area contributed by atoms with Crippen LogP contribution in [0.15, 0.2) is 24.0 Å². The number of anilines is 1. The van der Waals surface area contributed by atoms with Gasteiger partial charge in [0.1, 0.15) is 11.3 Å². The maximum Gasteiger partial charge on any atom is 0.189 e. The molecule has 0 saturated carbocycles. The average molecular weight is 411 g/mol. The highest BCUT2D eigenvalue weighted by atomic mass is 35.5. The SMILES string of the molecule is C=CCCCOC1CCCCN(c2nc(SC)nc3c(F)c(Cl)ncc23)C1. The number of fused-ring (bicyclic) bond motifs is 1. The van der Waals surface area contributed by atoms with E-state index in [4.69, 9.17) is 16.3 Å². The van der Waals surface area contributed by atoms with Gasteiger partial charge in [0, 0.05) is 25.9 Å². The molecule has 8 heteroatoms. The fraction of sp³-hybridized carbons (Fsp3) is 0.526. The third-order valence-electron chi connectivity index (χ3n) is 4.62. The Hall–Kier alpha value is -1.44. The molecule has 3 heterocycles. The van der Waals surface area contributed by atoms with E-state index >= 15 is 0 Å². The number of hydrogen-bond donors (Lipinski definition) is 0. The predicted molar refractivity (Wildman–Crippen MR) is 109 cm³/mol. The summed E-state index contributed by atoms with van der Waals surface area (Å²) in [4.78, 5) is 15.1. The number of pyridine rings is 1. The summed E-state index contributed by atoms with van der Waals surface area (Å²) in [6.07, 6.45) is 10.6. The summed E-state index contributed by atoms with van der Waals surface area (Å²) in [6, 6.07) is 0. The highest BCUT2D eigenvalue weighted by Crippen LogP contribution is 2.31. The number of aromatic nitrogens is 3. The highest BCUT2D eigenvalue weighted by molar-refractivity contribution is 7.98. The van der Waals surface area contributed by atoms with Gasteiger partial charge in [-0.1, -0.05) is 29.4 Å². The highest BCUT2D eigenvalue weighted by Gasteiger charge is 2.24. The Bertz CT molecular complexity index is 807. The molecule has 0 spiro atoms. The molecule has 0 amide bonds. The largest absolute Gasteiger partial charge is 0.376 e. The topological polar surface area (TPSA) is 51.1 Å². The minimum atomic E-state index is -0.597. The Morgan fingerprint density at radius 3 is 3.07 bits per heavy atom. The molecule has 1 unspecified atom stereocenters. The summed E-state index contributed by atoms with van der Waals surface area (Å²) >= 11 is 7.24. The fourth-order valence-electron chi connectivity index (χ4n) is 3.24. The third kappa shape index (κ3) is 4.89. The van der Waals surface area contributed by atoms with Gasteiger partial charge >= 0.3 is 0 Å². The van der Waals surface area contributed by atoms with Gasteiger partial charge in [0.25, 0.3) is 0 Å². The molecule has 27 heavy (non-hydrogen) atoms. The summed E-state index contributed by atoms with van der Waals surface area (Å²) in [5.74, 6) is 0.106. The Balaban J connectivity index is 1.90. The second-order valence-corrected chi connectivity index (χ2v) is 7.66. The van der Waals surface area contributed by atoms with Crippen LogP contribution >= 0.6 is 23.4 Å². The van der Waals surface area contributed by atoms with Crippen LogP contribution in [0.5, 0.6) is 0 Å². The molecule has 1 aliphatic heterocycles. The first kappa shape index (κ1) is 20.3. The van der Waals surface area contributed by atoms with Gasteiger partial charge in [-0.2, -0.15) is 0 Å². The number of ether oxygens (including phenoxy) is 1. The van der Waals surface area contributed by atoms with E-state index in [0.717, 1.165) is 51.8 Å². The van der Waals surface area contributed by atoms with Gasteiger partial charge in [-0.25, -0.2) is 19.3 Å². The first-order chi connectivity index (χ1) is 13.1. The Kier molecular flexibility index (Phi) is 7.26. The standard InChI is InChI=1S/C19H24ClFN4OS/c1-3-4-7-10-26-13-8-5-6-9-25(12-13)18-14-11-22-17(20)15(21)16(14)23-19(24-18)27-2/h3,11,13H,1,4-10,12H2,2H3. The third-order valence-corrected chi connectivity index (χ3v) is 5.43. The van der Waals surface area contributed by atoms with Crippen LogP contribution in [0.3, 0.4) is 0 Å². The summed E-state index contributed by atoms with van der Waals surface area (Å²) in [6.45, 7) is 6.03. The molecule has 2 aromatic rings. The van der Waals surface area contributed by atoms with Crippen molar-refractivity contribution in [2.24, 2.45) is 0 Å². The molecule has 0 bridgehead atoms. The van der Waals surface area contributed by atoms with Crippen LogP contribution in [-0.4, -0.2) is 47.0 Å². The van der Waals surface area contributed by atoms with Gasteiger partial charge in [0.2, 0.25) is 0 Å². The van der Waals surface area contributed by atoms with Gasteiger partial charge in [0.05, 0.1) is 11.5 Å². The number of allylic oxidation sites excluding steroid dienone is 1. The van der Waals surface area contributed by atoms with Crippen LogP contribution in [0, 0.1) is 5.82 Å². The number of halogens is 2. The zero-order chi connectivity index (χ0) is 19.2. The van der Waals surface area contributed by atoms with Gasteiger partial charge in [-0.05, 0) is 38.4 Å². The van der Waals surface area contributed by atoms with Crippen molar-refractivity contribution in [2.45, 2.75) is 43.4 Å². The molecule has 0 radical (unpaired) electrons. The predicted octanol–water partition coefficient (Wildman–Crippen LogP) is 4.88. The minimum Gasteiger partial charge on any atom is -0.376 e. The number of nitrogens with zero attached hydrogens (tertiary/aromatic N) is 4. The van der Waals surface area contributed by atoms with Crippen molar-refractivity contribution in [2.75, 3.05) is 30.9 Å². The second kappa shape index (κ2) is 9.66. The van der Waals surface area contributed by atoms with Crippen molar-refractivity contribution in [3.05, 3.63) is 29.8 Å². The minimum absolute atomic E-state index is 0.130. The zero-order valence-electron chi connectivity index (χ0n) is 15.5. The second-order valence-electron chi connectivity index (χ2n) is 6.52. The zero-order valence-corrected chi connectivity index (χ0v) is 17.0. The molecule has 1 aliphatic rings. The molecule has 1 atom stereocenters. The molecule has 1 fully saturated rings. The van der Waals surface area contributed by atoms with Crippen LogP contribution < -0.4 is 4.90 Å². The lowest BCUT2D eigenvalue weighted by molar-refractivity contribution is 0.0530. The smallest absolute Gasteiger partial charge is 0.189 e. The average Bonchev–Trinajstić information content (AvgIpc) is 2.93. The Labute approximate surface area is 168 Å². The molecule has 2 aromatic heterocycles. The van der Waals surface area contributed by atoms with E-state index < -0.39 is 5.82 Å². The van der Waals surface area contributed by atoms with Gasteiger partial charge in [-0.3, -0.25) is 0 Å². The van der Waals surface area contributed by atoms with Crippen LogP contribution in [0.2, 0.25) is 5.15 Å². The maximum absolute atomic E-state index is 14.5. The summed E-state index contributed by atoms with van der Waals surface area (Å²) < 4.78 is 20.6. The molecule has 3 rings (SSSR count).